The predicted octanol–water partition coefficient (Wildman–Crippen LogP) is 3.24. The summed E-state index contributed by atoms with van der Waals surface area (Å²) in [4.78, 5) is 48.1. The molecule has 1 unspecified atom stereocenters. The maximum absolute atomic E-state index is 13.2. The van der Waals surface area contributed by atoms with Gasteiger partial charge in [-0.05, 0) is 39.2 Å². The number of carbonyl (C=O) groups is 3. The van der Waals surface area contributed by atoms with Crippen molar-refractivity contribution in [1.82, 2.24) is 10.6 Å². The molecule has 1 aromatic carbocycles. The number of allylic oxidation sites excluding steroid dienone is 2. The van der Waals surface area contributed by atoms with E-state index in [4.69, 9.17) is 9.47 Å². The van der Waals surface area contributed by atoms with Crippen molar-refractivity contribution in [3.05, 3.63) is 62.5 Å². The van der Waals surface area contributed by atoms with Crippen molar-refractivity contribution in [1.29, 1.82) is 0 Å². The number of non-ortho nitro benzene ring substituents is 1. The van der Waals surface area contributed by atoms with Crippen LogP contribution in [0.3, 0.4) is 0 Å². The van der Waals surface area contributed by atoms with Crippen LogP contribution in [-0.2, 0) is 23.9 Å². The van der Waals surface area contributed by atoms with Crippen molar-refractivity contribution < 1.29 is 28.8 Å². The largest absolute Gasteiger partial charge is 0.466 e. The summed E-state index contributed by atoms with van der Waals surface area (Å²) in [6, 6.07) is 5.89. The van der Waals surface area contributed by atoms with Crippen LogP contribution in [0.15, 0.2) is 46.8 Å². The minimum Gasteiger partial charge on any atom is -0.466 e. The van der Waals surface area contributed by atoms with Gasteiger partial charge in [0.1, 0.15) is 0 Å². The second-order valence-electron chi connectivity index (χ2n) is 7.85. The lowest BCUT2D eigenvalue weighted by molar-refractivity contribution is -0.384. The lowest BCUT2D eigenvalue weighted by atomic mass is 9.80. The second-order valence-corrected chi connectivity index (χ2v) is 7.85. The minimum absolute atomic E-state index is 0.142. The number of nitrogens with zero attached hydrogens (tertiary/aromatic N) is 1. The summed E-state index contributed by atoms with van der Waals surface area (Å²) in [5.74, 6) is -2.09. The van der Waals surface area contributed by atoms with E-state index in [1.54, 1.807) is 26.8 Å². The molecule has 1 aliphatic heterocycles. The number of benzene rings is 1. The molecule has 1 aromatic rings. The lowest BCUT2D eigenvalue weighted by Crippen LogP contribution is -2.36. The molecule has 1 heterocycles. The topological polar surface area (TPSA) is 137 Å². The summed E-state index contributed by atoms with van der Waals surface area (Å²) in [5, 5.41) is 17.3. The molecule has 1 amide bonds. The predicted molar refractivity (Wildman–Crippen MR) is 124 cm³/mol. The van der Waals surface area contributed by atoms with Gasteiger partial charge in [0.25, 0.3) is 5.69 Å². The molecule has 0 aromatic heterocycles. The number of carbonyl (C=O) groups excluding carboxylic acids is 3. The molecule has 34 heavy (non-hydrogen) atoms. The molecule has 2 N–H and O–H groups in total. The quantitative estimate of drug-likeness (QED) is 0.216. The van der Waals surface area contributed by atoms with Crippen LogP contribution in [0.2, 0.25) is 0 Å². The first kappa shape index (κ1) is 26.6. The SMILES string of the molecule is CCOC(=O)CCCCCNC(=O)C1=C(C)NC(C)=C(C(=O)OC)C1c1cccc([N+](=O)[O-])c1. The Labute approximate surface area is 198 Å². The first-order valence-corrected chi connectivity index (χ1v) is 11.2. The van der Waals surface area contributed by atoms with Crippen molar-refractivity contribution in [2.75, 3.05) is 20.3 Å². The van der Waals surface area contributed by atoms with Crippen molar-refractivity contribution in [2.24, 2.45) is 0 Å². The second kappa shape index (κ2) is 12.5. The van der Waals surface area contributed by atoms with Crippen LogP contribution < -0.4 is 10.6 Å². The highest BCUT2D eigenvalue weighted by Crippen LogP contribution is 2.39. The van der Waals surface area contributed by atoms with Crippen LogP contribution in [0.5, 0.6) is 0 Å². The average Bonchev–Trinajstić information content (AvgIpc) is 2.80. The number of nitro benzene ring substituents is 1. The van der Waals surface area contributed by atoms with Gasteiger partial charge in [0.05, 0.1) is 30.1 Å². The van der Waals surface area contributed by atoms with Crippen molar-refractivity contribution in [3.8, 4) is 0 Å². The van der Waals surface area contributed by atoms with Crippen LogP contribution in [0.4, 0.5) is 5.69 Å². The van der Waals surface area contributed by atoms with Crippen LogP contribution in [0, 0.1) is 10.1 Å². The Balaban J connectivity index is 2.23. The Morgan fingerprint density at radius 1 is 1.12 bits per heavy atom. The molecular weight excluding hydrogens is 442 g/mol. The minimum atomic E-state index is -0.836. The molecule has 0 bridgehead atoms. The zero-order valence-corrected chi connectivity index (χ0v) is 19.9. The van der Waals surface area contributed by atoms with Crippen LogP contribution in [-0.4, -0.2) is 43.0 Å². The van der Waals surface area contributed by atoms with Crippen LogP contribution in [0.25, 0.3) is 0 Å². The first-order chi connectivity index (χ1) is 16.2. The van der Waals surface area contributed by atoms with E-state index in [-0.39, 0.29) is 28.7 Å². The Hall–Kier alpha value is -3.69. The van der Waals surface area contributed by atoms with Crippen molar-refractivity contribution in [2.45, 2.75) is 52.4 Å². The fraction of sp³-hybridized carbons (Fsp3) is 0.458. The fourth-order valence-electron chi connectivity index (χ4n) is 3.93. The third kappa shape index (κ3) is 6.66. The van der Waals surface area contributed by atoms with Gasteiger partial charge in [0.2, 0.25) is 5.91 Å². The number of esters is 2. The Morgan fingerprint density at radius 2 is 1.82 bits per heavy atom. The van der Waals surface area contributed by atoms with Gasteiger partial charge in [-0.15, -0.1) is 0 Å². The molecule has 0 saturated heterocycles. The molecule has 10 nitrogen and oxygen atoms in total. The standard InChI is InChI=1S/C24H31N3O7/c1-5-34-19(28)12-7-6-8-13-25-23(29)20-15(2)26-16(3)21(24(30)33-4)22(20)17-10-9-11-18(14-17)27(31)32/h9-11,14,22,26H,5-8,12-13H2,1-4H3,(H,25,29). The van der Waals surface area contributed by atoms with Crippen LogP contribution >= 0.6 is 0 Å². The highest BCUT2D eigenvalue weighted by Gasteiger charge is 2.37. The van der Waals surface area contributed by atoms with Gasteiger partial charge < -0.3 is 20.1 Å². The van der Waals surface area contributed by atoms with E-state index >= 15 is 0 Å². The molecule has 1 aliphatic rings. The average molecular weight is 474 g/mol. The number of nitro groups is 1. The maximum atomic E-state index is 13.2. The van der Waals surface area contributed by atoms with Gasteiger partial charge in [-0.1, -0.05) is 18.6 Å². The number of hydrogen-bond donors (Lipinski definition) is 2. The fourth-order valence-corrected chi connectivity index (χ4v) is 3.93. The van der Waals surface area contributed by atoms with Crippen LogP contribution in [0.1, 0.15) is 57.9 Å². The van der Waals surface area contributed by atoms with E-state index in [0.717, 1.165) is 6.42 Å². The monoisotopic (exact) mass is 473 g/mol. The Bertz CT molecular complexity index is 1010. The zero-order chi connectivity index (χ0) is 25.3. The molecule has 1 atom stereocenters. The summed E-state index contributed by atoms with van der Waals surface area (Å²) < 4.78 is 9.85. The molecule has 0 spiro atoms. The highest BCUT2D eigenvalue weighted by molar-refractivity contribution is 6.02. The third-order valence-electron chi connectivity index (χ3n) is 5.47. The van der Waals surface area contributed by atoms with E-state index in [0.29, 0.717) is 49.4 Å². The van der Waals surface area contributed by atoms with Gasteiger partial charge in [-0.2, -0.15) is 0 Å². The van der Waals surface area contributed by atoms with E-state index in [1.807, 2.05) is 0 Å². The number of nitrogens with one attached hydrogen (secondary N) is 2. The maximum Gasteiger partial charge on any atom is 0.336 e. The van der Waals surface area contributed by atoms with Crippen molar-refractivity contribution in [3.63, 3.8) is 0 Å². The number of ether oxygens (including phenoxy) is 2. The lowest BCUT2D eigenvalue weighted by Gasteiger charge is -2.30. The van der Waals surface area contributed by atoms with E-state index in [2.05, 4.69) is 10.6 Å². The summed E-state index contributed by atoms with van der Waals surface area (Å²) in [6.07, 6.45) is 2.38. The van der Waals surface area contributed by atoms with E-state index in [1.165, 1.54) is 25.3 Å². The van der Waals surface area contributed by atoms with Gasteiger partial charge in [0, 0.05) is 42.1 Å². The van der Waals surface area contributed by atoms with Gasteiger partial charge in [-0.25, -0.2) is 4.79 Å². The number of amides is 1. The molecule has 0 saturated carbocycles. The summed E-state index contributed by atoms with van der Waals surface area (Å²) >= 11 is 0. The Morgan fingerprint density at radius 3 is 2.47 bits per heavy atom. The number of hydrogen-bond acceptors (Lipinski definition) is 8. The number of dihydropyridines is 1. The molecular formula is C24H31N3O7. The molecule has 184 valence electrons. The molecule has 10 heteroatoms. The molecule has 0 radical (unpaired) electrons. The van der Waals surface area contributed by atoms with Gasteiger partial charge >= 0.3 is 11.9 Å². The van der Waals surface area contributed by atoms with E-state index < -0.39 is 16.8 Å². The summed E-state index contributed by atoms with van der Waals surface area (Å²) in [5.41, 5.74) is 1.86. The highest BCUT2D eigenvalue weighted by atomic mass is 16.6. The number of rotatable bonds is 11. The smallest absolute Gasteiger partial charge is 0.336 e. The van der Waals surface area contributed by atoms with E-state index in [9.17, 15) is 24.5 Å². The van der Waals surface area contributed by atoms with Crippen molar-refractivity contribution >= 4 is 23.5 Å². The van der Waals surface area contributed by atoms with Gasteiger partial charge in [-0.3, -0.25) is 19.7 Å². The first-order valence-electron chi connectivity index (χ1n) is 11.2. The Kier molecular flexibility index (Phi) is 9.78. The molecule has 0 fully saturated rings. The van der Waals surface area contributed by atoms with Gasteiger partial charge in [0.15, 0.2) is 0 Å². The number of methoxy groups -OCH3 is 1. The third-order valence-corrected chi connectivity index (χ3v) is 5.47. The normalized spacial score (nSPS) is 15.5. The summed E-state index contributed by atoms with van der Waals surface area (Å²) in [7, 11) is 1.24. The molecule has 0 aliphatic carbocycles. The zero-order valence-electron chi connectivity index (χ0n) is 19.9. The number of unbranched alkanes of at least 4 members (excludes halogenated alkanes) is 2. The summed E-state index contributed by atoms with van der Waals surface area (Å²) in [6.45, 7) is 5.89. The molecule has 2 rings (SSSR count).